The molecule has 11 heteroatoms. The number of nitrogens with one attached hydrogen (secondary N) is 1. The summed E-state index contributed by atoms with van der Waals surface area (Å²) in [7, 11) is -2.18. The van der Waals surface area contributed by atoms with Crippen molar-refractivity contribution in [1.29, 1.82) is 0 Å². The maximum atomic E-state index is 13.9. The average Bonchev–Trinajstić information content (AvgIpc) is 2.96. The molecule has 3 aromatic rings. The topological polar surface area (TPSA) is 96.0 Å². The fourth-order valence-corrected chi connectivity index (χ4v) is 5.99. The summed E-state index contributed by atoms with van der Waals surface area (Å²) in [4.78, 5) is 28.9. The molecule has 3 rings (SSSR count). The monoisotopic (exact) mass is 677 g/mol. The van der Waals surface area contributed by atoms with Gasteiger partial charge in [0.05, 0.1) is 24.1 Å². The number of rotatable bonds is 15. The molecule has 1 N–H and O–H groups in total. The SMILES string of the molecule is CCCNC(=O)[C@H](Cc1ccccc1)N(Cc1ccc(Br)cc1)C(=O)CCCN(c1ccc(OC)c(Cl)c1)S(C)(=O)=O. The molecule has 0 radical (unpaired) electrons. The Hall–Kier alpha value is -3.08. The standard InChI is InChI=1S/C31H37BrClN3O5S/c1-4-18-34-31(38)28(20-23-9-6-5-7-10-23)35(22-24-12-14-25(32)15-13-24)30(37)11-8-19-36(42(3,39)40)26-16-17-29(41-2)27(33)21-26/h5-7,9-10,12-17,21,28H,4,8,11,18-20,22H2,1-3H3,(H,34,38)/t28-/m0/s1. The van der Waals surface area contributed by atoms with Gasteiger partial charge in [0, 0.05) is 36.9 Å². The molecule has 0 aliphatic carbocycles. The molecule has 0 fully saturated rings. The molecule has 0 aliphatic heterocycles. The first-order chi connectivity index (χ1) is 20.0. The summed E-state index contributed by atoms with van der Waals surface area (Å²) in [6.45, 7) is 2.76. The number of sulfonamides is 1. The zero-order valence-electron chi connectivity index (χ0n) is 24.1. The van der Waals surface area contributed by atoms with E-state index in [0.29, 0.717) is 24.4 Å². The lowest BCUT2D eigenvalue weighted by Crippen LogP contribution is -2.50. The van der Waals surface area contributed by atoms with Crippen molar-refractivity contribution in [1.82, 2.24) is 10.2 Å². The van der Waals surface area contributed by atoms with Crippen LogP contribution < -0.4 is 14.4 Å². The predicted octanol–water partition coefficient (Wildman–Crippen LogP) is 5.82. The summed E-state index contributed by atoms with van der Waals surface area (Å²) in [6.07, 6.45) is 2.50. The lowest BCUT2D eigenvalue weighted by atomic mass is 10.0. The number of nitrogens with zero attached hydrogens (tertiary/aromatic N) is 2. The number of anilines is 1. The van der Waals surface area contributed by atoms with Gasteiger partial charge in [-0.05, 0) is 54.3 Å². The molecule has 42 heavy (non-hydrogen) atoms. The van der Waals surface area contributed by atoms with Crippen LogP contribution in [0.2, 0.25) is 5.02 Å². The molecule has 3 aromatic carbocycles. The molecular formula is C31H37BrClN3O5S. The van der Waals surface area contributed by atoms with Crippen molar-refractivity contribution < 1.29 is 22.7 Å². The fraction of sp³-hybridized carbons (Fsp3) is 0.355. The van der Waals surface area contributed by atoms with Crippen LogP contribution in [0.4, 0.5) is 5.69 Å². The quantitative estimate of drug-likeness (QED) is 0.219. The largest absolute Gasteiger partial charge is 0.495 e. The summed E-state index contributed by atoms with van der Waals surface area (Å²) in [6, 6.07) is 21.2. The van der Waals surface area contributed by atoms with Crippen LogP contribution >= 0.6 is 27.5 Å². The van der Waals surface area contributed by atoms with Gasteiger partial charge >= 0.3 is 0 Å². The van der Waals surface area contributed by atoms with E-state index in [9.17, 15) is 18.0 Å². The van der Waals surface area contributed by atoms with Crippen molar-refractivity contribution in [2.75, 3.05) is 30.8 Å². The van der Waals surface area contributed by atoms with Crippen molar-refractivity contribution >= 4 is 55.1 Å². The highest BCUT2D eigenvalue weighted by Crippen LogP contribution is 2.30. The van der Waals surface area contributed by atoms with Crippen molar-refractivity contribution in [3.63, 3.8) is 0 Å². The minimum absolute atomic E-state index is 0.0405. The molecule has 0 unspecified atom stereocenters. The second-order valence-electron chi connectivity index (χ2n) is 9.90. The van der Waals surface area contributed by atoms with Gasteiger partial charge in [-0.15, -0.1) is 0 Å². The van der Waals surface area contributed by atoms with Crippen LogP contribution in [0, 0.1) is 0 Å². The Bertz CT molecular complexity index is 1440. The summed E-state index contributed by atoms with van der Waals surface area (Å²) in [5, 5.41) is 3.24. The first-order valence-corrected chi connectivity index (χ1v) is 16.7. The van der Waals surface area contributed by atoms with E-state index >= 15 is 0 Å². The van der Waals surface area contributed by atoms with Gasteiger partial charge in [0.2, 0.25) is 21.8 Å². The normalized spacial score (nSPS) is 11.9. The predicted molar refractivity (Wildman–Crippen MR) is 171 cm³/mol. The number of hydrogen-bond donors (Lipinski definition) is 1. The first-order valence-electron chi connectivity index (χ1n) is 13.7. The Morgan fingerprint density at radius 1 is 1.02 bits per heavy atom. The minimum atomic E-state index is -3.67. The number of halogens is 2. The Kier molecular flexibility index (Phi) is 12.7. The molecule has 2 amide bonds. The van der Waals surface area contributed by atoms with Gasteiger partial charge in [0.15, 0.2) is 0 Å². The van der Waals surface area contributed by atoms with Crippen molar-refractivity contribution in [3.05, 3.63) is 93.4 Å². The Balaban J connectivity index is 1.87. The number of carbonyl (C=O) groups is 2. The average molecular weight is 679 g/mol. The van der Waals surface area contributed by atoms with Crippen LogP contribution in [-0.4, -0.2) is 57.6 Å². The van der Waals surface area contributed by atoms with E-state index in [1.807, 2.05) is 61.5 Å². The number of ether oxygens (including phenoxy) is 1. The fourth-order valence-electron chi connectivity index (χ4n) is 4.52. The van der Waals surface area contributed by atoms with Crippen molar-refractivity contribution in [3.8, 4) is 5.75 Å². The number of carbonyl (C=O) groups excluding carboxylic acids is 2. The molecule has 0 heterocycles. The zero-order valence-corrected chi connectivity index (χ0v) is 27.2. The number of methoxy groups -OCH3 is 1. The van der Waals surface area contributed by atoms with E-state index in [1.54, 1.807) is 17.0 Å². The third-order valence-corrected chi connectivity index (χ3v) is 8.68. The van der Waals surface area contributed by atoms with Gasteiger partial charge in [-0.1, -0.05) is 76.9 Å². The lowest BCUT2D eigenvalue weighted by molar-refractivity contribution is -0.141. The van der Waals surface area contributed by atoms with Crippen LogP contribution in [0.5, 0.6) is 5.75 Å². The van der Waals surface area contributed by atoms with E-state index < -0.39 is 16.1 Å². The van der Waals surface area contributed by atoms with Crippen LogP contribution in [0.15, 0.2) is 77.3 Å². The van der Waals surface area contributed by atoms with Crippen LogP contribution in [-0.2, 0) is 32.6 Å². The molecule has 0 saturated carbocycles. The molecule has 226 valence electrons. The summed E-state index contributed by atoms with van der Waals surface area (Å²) in [5.41, 5.74) is 2.18. The highest BCUT2D eigenvalue weighted by Gasteiger charge is 2.30. The van der Waals surface area contributed by atoms with Gasteiger partial charge in [0.25, 0.3) is 0 Å². The third kappa shape index (κ3) is 9.74. The second-order valence-corrected chi connectivity index (χ2v) is 13.1. The van der Waals surface area contributed by atoms with Crippen molar-refractivity contribution in [2.45, 2.75) is 45.2 Å². The summed E-state index contributed by atoms with van der Waals surface area (Å²) in [5.74, 6) is -0.0399. The summed E-state index contributed by atoms with van der Waals surface area (Å²) >= 11 is 9.70. The van der Waals surface area contributed by atoms with E-state index in [4.69, 9.17) is 16.3 Å². The Morgan fingerprint density at radius 2 is 1.71 bits per heavy atom. The Morgan fingerprint density at radius 3 is 2.31 bits per heavy atom. The third-order valence-electron chi connectivity index (χ3n) is 6.66. The molecular weight excluding hydrogens is 642 g/mol. The van der Waals surface area contributed by atoms with E-state index in [0.717, 1.165) is 28.3 Å². The van der Waals surface area contributed by atoms with Gasteiger partial charge in [0.1, 0.15) is 11.8 Å². The lowest BCUT2D eigenvalue weighted by Gasteiger charge is -2.32. The van der Waals surface area contributed by atoms with Crippen molar-refractivity contribution in [2.24, 2.45) is 0 Å². The second kappa shape index (κ2) is 16.0. The molecule has 8 nitrogen and oxygen atoms in total. The maximum absolute atomic E-state index is 13.9. The molecule has 0 aliphatic rings. The highest BCUT2D eigenvalue weighted by atomic mass is 79.9. The van der Waals surface area contributed by atoms with Crippen LogP contribution in [0.3, 0.4) is 0 Å². The number of hydrogen-bond acceptors (Lipinski definition) is 5. The molecule has 0 spiro atoms. The van der Waals surface area contributed by atoms with E-state index in [1.165, 1.54) is 17.5 Å². The van der Waals surface area contributed by atoms with Crippen LogP contribution in [0.25, 0.3) is 0 Å². The summed E-state index contributed by atoms with van der Waals surface area (Å²) < 4.78 is 32.7. The molecule has 0 aromatic heterocycles. The molecule has 1 atom stereocenters. The van der Waals surface area contributed by atoms with E-state index in [2.05, 4.69) is 21.2 Å². The smallest absolute Gasteiger partial charge is 0.243 e. The Labute approximate surface area is 262 Å². The van der Waals surface area contributed by atoms with E-state index in [-0.39, 0.29) is 42.8 Å². The van der Waals surface area contributed by atoms with Gasteiger partial charge in [-0.2, -0.15) is 0 Å². The number of amides is 2. The number of benzene rings is 3. The molecule has 0 saturated heterocycles. The minimum Gasteiger partial charge on any atom is -0.495 e. The zero-order chi connectivity index (χ0) is 30.7. The molecule has 0 bridgehead atoms. The maximum Gasteiger partial charge on any atom is 0.243 e. The first kappa shape index (κ1) is 33.4. The van der Waals surface area contributed by atoms with Gasteiger partial charge in [-0.3, -0.25) is 13.9 Å². The highest BCUT2D eigenvalue weighted by molar-refractivity contribution is 9.10. The van der Waals surface area contributed by atoms with Gasteiger partial charge < -0.3 is 15.0 Å². The van der Waals surface area contributed by atoms with Gasteiger partial charge in [-0.25, -0.2) is 8.42 Å². The van der Waals surface area contributed by atoms with Crippen LogP contribution in [0.1, 0.15) is 37.3 Å².